The average molecular weight is 365 g/mol. The van der Waals surface area contributed by atoms with Crippen molar-refractivity contribution < 1.29 is 14.3 Å². The van der Waals surface area contributed by atoms with Crippen LogP contribution in [0.2, 0.25) is 0 Å². The van der Waals surface area contributed by atoms with Gasteiger partial charge < -0.3 is 15.4 Å². The molecule has 2 aliphatic rings. The lowest BCUT2D eigenvalue weighted by Crippen LogP contribution is -2.35. The fraction of sp³-hybridized carbons (Fsp3) is 0.333. The highest BCUT2D eigenvalue weighted by Gasteiger charge is 2.24. The maximum atomic E-state index is 12.6. The van der Waals surface area contributed by atoms with Crippen molar-refractivity contribution in [3.05, 3.63) is 59.2 Å². The number of carbonyl (C=O) groups is 2. The number of benzene rings is 2. The monoisotopic (exact) mass is 365 g/mol. The van der Waals surface area contributed by atoms with Gasteiger partial charge in [0.1, 0.15) is 5.75 Å². The third-order valence-electron chi connectivity index (χ3n) is 5.13. The van der Waals surface area contributed by atoms with Crippen LogP contribution >= 0.6 is 0 Å². The Balaban J connectivity index is 1.41. The van der Waals surface area contributed by atoms with Gasteiger partial charge in [-0.1, -0.05) is 24.3 Å². The Bertz CT molecular complexity index is 881. The molecule has 1 saturated heterocycles. The summed E-state index contributed by atoms with van der Waals surface area (Å²) in [5.41, 5.74) is 3.50. The topological polar surface area (TPSA) is 70.7 Å². The van der Waals surface area contributed by atoms with Crippen molar-refractivity contribution in [2.45, 2.75) is 13.3 Å². The van der Waals surface area contributed by atoms with Crippen LogP contribution in [0.1, 0.15) is 21.5 Å². The van der Waals surface area contributed by atoms with Crippen LogP contribution in [0, 0.1) is 12.8 Å². The summed E-state index contributed by atoms with van der Waals surface area (Å²) < 4.78 is 5.79. The largest absolute Gasteiger partial charge is 0.493 e. The number of fused-ring (bicyclic) bond motifs is 1. The van der Waals surface area contributed by atoms with E-state index < -0.39 is 0 Å². The van der Waals surface area contributed by atoms with Crippen LogP contribution < -0.4 is 20.3 Å². The molecule has 2 heterocycles. The summed E-state index contributed by atoms with van der Waals surface area (Å²) >= 11 is 0. The number of carbonyl (C=O) groups excluding carboxylic acids is 2. The molecular weight excluding hydrogens is 342 g/mol. The van der Waals surface area contributed by atoms with Gasteiger partial charge in [0.2, 0.25) is 0 Å². The Morgan fingerprint density at radius 3 is 2.96 bits per heavy atom. The number of para-hydroxylation sites is 1. The zero-order chi connectivity index (χ0) is 18.8. The Morgan fingerprint density at radius 1 is 1.30 bits per heavy atom. The number of aryl methyl sites for hydroxylation is 1. The molecule has 0 aromatic heterocycles. The molecule has 2 aliphatic heterocycles. The van der Waals surface area contributed by atoms with Crippen LogP contribution in [-0.4, -0.2) is 38.2 Å². The first-order chi connectivity index (χ1) is 13.1. The molecule has 1 atom stereocenters. The molecule has 0 radical (unpaired) electrons. The normalized spacial score (nSPS) is 18.5. The summed E-state index contributed by atoms with van der Waals surface area (Å²) in [7, 11) is 0. The highest BCUT2D eigenvalue weighted by Crippen LogP contribution is 2.27. The number of amides is 3. The molecule has 2 aromatic rings. The van der Waals surface area contributed by atoms with E-state index in [1.807, 2.05) is 31.2 Å². The molecule has 1 fully saturated rings. The highest BCUT2D eigenvalue weighted by molar-refractivity contribution is 5.99. The molecular formula is C21H23N3O3. The van der Waals surface area contributed by atoms with E-state index in [2.05, 4.69) is 16.7 Å². The second kappa shape index (κ2) is 7.31. The number of rotatable bonds is 4. The van der Waals surface area contributed by atoms with Crippen LogP contribution in [0.3, 0.4) is 0 Å². The van der Waals surface area contributed by atoms with Gasteiger partial charge in [-0.15, -0.1) is 0 Å². The molecule has 4 rings (SSSR count). The third-order valence-corrected chi connectivity index (χ3v) is 5.13. The van der Waals surface area contributed by atoms with Crippen LogP contribution in [0.5, 0.6) is 5.75 Å². The third kappa shape index (κ3) is 3.60. The van der Waals surface area contributed by atoms with Gasteiger partial charge in [-0.3, -0.25) is 9.69 Å². The molecule has 27 heavy (non-hydrogen) atoms. The summed E-state index contributed by atoms with van der Waals surface area (Å²) in [6.07, 6.45) is 0.892. The van der Waals surface area contributed by atoms with Gasteiger partial charge in [0.05, 0.1) is 6.61 Å². The second-order valence-corrected chi connectivity index (χ2v) is 7.08. The molecule has 6 nitrogen and oxygen atoms in total. The first kappa shape index (κ1) is 17.4. The summed E-state index contributed by atoms with van der Waals surface area (Å²) in [5, 5.41) is 5.80. The lowest BCUT2D eigenvalue weighted by Gasteiger charge is -2.25. The van der Waals surface area contributed by atoms with Crippen molar-refractivity contribution in [3.63, 3.8) is 0 Å². The van der Waals surface area contributed by atoms with Gasteiger partial charge in [-0.25, -0.2) is 4.79 Å². The van der Waals surface area contributed by atoms with E-state index in [9.17, 15) is 9.59 Å². The van der Waals surface area contributed by atoms with Crippen LogP contribution in [0.4, 0.5) is 10.5 Å². The minimum Gasteiger partial charge on any atom is -0.493 e. The number of anilines is 1. The maximum Gasteiger partial charge on any atom is 0.322 e. The molecule has 0 saturated carbocycles. The summed E-state index contributed by atoms with van der Waals surface area (Å²) in [6.45, 7) is 4.34. The Labute approximate surface area is 158 Å². The number of nitrogens with one attached hydrogen (secondary N) is 2. The molecule has 140 valence electrons. The molecule has 0 aliphatic carbocycles. The molecule has 0 unspecified atom stereocenters. The maximum absolute atomic E-state index is 12.6. The SMILES string of the molecule is Cc1ccc(C(=O)NC[C@@H]2COc3ccccc3C2)cc1N1CCNC1=O. The first-order valence-corrected chi connectivity index (χ1v) is 9.27. The minimum absolute atomic E-state index is 0.117. The Kier molecular flexibility index (Phi) is 4.71. The molecule has 2 N–H and O–H groups in total. The number of ether oxygens (including phenoxy) is 1. The molecule has 2 aromatic carbocycles. The van der Waals surface area contributed by atoms with Gasteiger partial charge in [-0.2, -0.15) is 0 Å². The van der Waals surface area contributed by atoms with Crippen LogP contribution in [-0.2, 0) is 6.42 Å². The van der Waals surface area contributed by atoms with E-state index >= 15 is 0 Å². The Hall–Kier alpha value is -3.02. The predicted octanol–water partition coefficient (Wildman–Crippen LogP) is 2.51. The summed E-state index contributed by atoms with van der Waals surface area (Å²) in [6, 6.07) is 13.4. The van der Waals surface area contributed by atoms with Gasteiger partial charge >= 0.3 is 6.03 Å². The summed E-state index contributed by atoms with van der Waals surface area (Å²) in [5.74, 6) is 1.06. The zero-order valence-electron chi connectivity index (χ0n) is 15.3. The lowest BCUT2D eigenvalue weighted by molar-refractivity contribution is 0.0939. The predicted molar refractivity (Wildman–Crippen MR) is 103 cm³/mol. The van der Waals surface area contributed by atoms with E-state index in [-0.39, 0.29) is 17.9 Å². The lowest BCUT2D eigenvalue weighted by atomic mass is 9.96. The fourth-order valence-electron chi connectivity index (χ4n) is 3.60. The fourth-order valence-corrected chi connectivity index (χ4v) is 3.60. The number of urea groups is 1. The van der Waals surface area contributed by atoms with Crippen molar-refractivity contribution >= 4 is 17.6 Å². The van der Waals surface area contributed by atoms with Crippen molar-refractivity contribution in [3.8, 4) is 5.75 Å². The van der Waals surface area contributed by atoms with Crippen molar-refractivity contribution in [2.24, 2.45) is 5.92 Å². The van der Waals surface area contributed by atoms with E-state index in [4.69, 9.17) is 4.74 Å². The Morgan fingerprint density at radius 2 is 2.15 bits per heavy atom. The zero-order valence-corrected chi connectivity index (χ0v) is 15.3. The number of hydrogen-bond donors (Lipinski definition) is 2. The van der Waals surface area contributed by atoms with E-state index in [0.29, 0.717) is 31.8 Å². The van der Waals surface area contributed by atoms with Crippen molar-refractivity contribution in [1.82, 2.24) is 10.6 Å². The van der Waals surface area contributed by atoms with Crippen molar-refractivity contribution in [2.75, 3.05) is 31.1 Å². The smallest absolute Gasteiger partial charge is 0.322 e. The molecule has 0 bridgehead atoms. The average Bonchev–Trinajstić information content (AvgIpc) is 3.12. The standard InChI is InChI=1S/C21H23N3O3/c1-14-6-7-17(11-18(14)24-9-8-22-21(24)26)20(25)23-12-15-10-16-4-2-3-5-19(16)27-13-15/h2-7,11,15H,8-10,12-13H2,1H3,(H,22,26)(H,23,25)/t15-/m1/s1. The van der Waals surface area contributed by atoms with E-state index in [0.717, 1.165) is 23.4 Å². The van der Waals surface area contributed by atoms with Crippen LogP contribution in [0.25, 0.3) is 0 Å². The second-order valence-electron chi connectivity index (χ2n) is 7.08. The number of nitrogens with zero attached hydrogens (tertiary/aromatic N) is 1. The van der Waals surface area contributed by atoms with Gasteiger partial charge in [0.25, 0.3) is 5.91 Å². The van der Waals surface area contributed by atoms with Crippen LogP contribution in [0.15, 0.2) is 42.5 Å². The van der Waals surface area contributed by atoms with Gasteiger partial charge in [-0.05, 0) is 42.7 Å². The van der Waals surface area contributed by atoms with Crippen molar-refractivity contribution in [1.29, 1.82) is 0 Å². The number of hydrogen-bond acceptors (Lipinski definition) is 3. The highest BCUT2D eigenvalue weighted by atomic mass is 16.5. The minimum atomic E-state index is -0.130. The van der Waals surface area contributed by atoms with E-state index in [1.165, 1.54) is 5.56 Å². The van der Waals surface area contributed by atoms with E-state index in [1.54, 1.807) is 17.0 Å². The first-order valence-electron chi connectivity index (χ1n) is 9.27. The quantitative estimate of drug-likeness (QED) is 0.875. The van der Waals surface area contributed by atoms with Gasteiger partial charge in [0, 0.05) is 36.8 Å². The summed E-state index contributed by atoms with van der Waals surface area (Å²) in [4.78, 5) is 26.2. The molecule has 3 amide bonds. The van der Waals surface area contributed by atoms with Gasteiger partial charge in [0.15, 0.2) is 0 Å². The molecule has 6 heteroatoms. The molecule has 0 spiro atoms.